The van der Waals surface area contributed by atoms with E-state index >= 15 is 0 Å². The predicted molar refractivity (Wildman–Crippen MR) is 79.1 cm³/mol. The third-order valence-corrected chi connectivity index (χ3v) is 3.53. The molecule has 0 unspecified atom stereocenters. The quantitative estimate of drug-likeness (QED) is 0.527. The molecule has 0 atom stereocenters. The summed E-state index contributed by atoms with van der Waals surface area (Å²) in [6, 6.07) is 17.9. The molecule has 0 amide bonds. The van der Waals surface area contributed by atoms with Crippen LogP contribution in [0.4, 0.5) is 0 Å². The number of tetrazole rings is 1. The van der Waals surface area contributed by atoms with Crippen molar-refractivity contribution < 1.29 is 4.79 Å². The van der Waals surface area contributed by atoms with Gasteiger partial charge in [-0.05, 0) is 39.8 Å². The smallest absolute Gasteiger partial charge is 0.190 e. The molecule has 0 saturated carbocycles. The van der Waals surface area contributed by atoms with Crippen LogP contribution in [0.25, 0.3) is 27.7 Å². The number of nitrogens with zero attached hydrogens (tertiary/aromatic N) is 4. The van der Waals surface area contributed by atoms with Crippen LogP contribution in [0.15, 0.2) is 54.6 Å². The first-order valence-electron chi connectivity index (χ1n) is 6.52. The van der Waals surface area contributed by atoms with Gasteiger partial charge in [-0.15, -0.1) is 5.10 Å². The Balaban J connectivity index is 2.04. The average Bonchev–Trinajstić information content (AvgIpc) is 3.04. The van der Waals surface area contributed by atoms with Gasteiger partial charge >= 0.3 is 0 Å². The van der Waals surface area contributed by atoms with E-state index in [1.165, 1.54) is 0 Å². The summed E-state index contributed by atoms with van der Waals surface area (Å²) in [5, 5.41) is 12.4. The molecule has 2 heterocycles. The molecule has 0 radical (unpaired) electrons. The van der Waals surface area contributed by atoms with Crippen molar-refractivity contribution in [3.05, 3.63) is 60.2 Å². The first-order valence-corrected chi connectivity index (χ1v) is 6.52. The van der Waals surface area contributed by atoms with Crippen molar-refractivity contribution in [1.82, 2.24) is 20.0 Å². The van der Waals surface area contributed by atoms with Gasteiger partial charge < -0.3 is 0 Å². The first kappa shape index (κ1) is 11.7. The van der Waals surface area contributed by atoms with E-state index < -0.39 is 0 Å². The molecule has 4 aromatic rings. The number of aromatic nitrogens is 4. The van der Waals surface area contributed by atoms with Crippen molar-refractivity contribution in [3.8, 4) is 11.1 Å². The molecule has 2 aromatic carbocycles. The number of hydrogen-bond acceptors (Lipinski definition) is 4. The Kier molecular flexibility index (Phi) is 2.50. The summed E-state index contributed by atoms with van der Waals surface area (Å²) in [5.41, 5.74) is 4.05. The lowest BCUT2D eigenvalue weighted by Crippen LogP contribution is -1.95. The van der Waals surface area contributed by atoms with Crippen LogP contribution >= 0.6 is 0 Å². The zero-order valence-electron chi connectivity index (χ0n) is 11.0. The Hall–Kier alpha value is -3.08. The van der Waals surface area contributed by atoms with Gasteiger partial charge in [0.1, 0.15) is 0 Å². The highest BCUT2D eigenvalue weighted by Gasteiger charge is 2.10. The minimum Gasteiger partial charge on any atom is -0.298 e. The van der Waals surface area contributed by atoms with Gasteiger partial charge in [-0.1, -0.05) is 36.4 Å². The molecule has 100 valence electrons. The van der Waals surface area contributed by atoms with Crippen molar-refractivity contribution >= 4 is 22.8 Å². The van der Waals surface area contributed by atoms with Crippen LogP contribution in [0.2, 0.25) is 0 Å². The van der Waals surface area contributed by atoms with E-state index in [1.807, 2.05) is 42.5 Å². The normalized spacial score (nSPS) is 11.0. The van der Waals surface area contributed by atoms with E-state index in [2.05, 4.69) is 27.7 Å². The monoisotopic (exact) mass is 274 g/mol. The van der Waals surface area contributed by atoms with Crippen LogP contribution in [0.1, 0.15) is 10.4 Å². The fourth-order valence-electron chi connectivity index (χ4n) is 2.52. The number of pyridine rings is 1. The highest BCUT2D eigenvalue weighted by molar-refractivity contribution is 5.94. The Bertz CT molecular complexity index is 960. The number of fused-ring (bicyclic) bond motifs is 3. The molecule has 5 heteroatoms. The zero-order chi connectivity index (χ0) is 14.2. The Labute approximate surface area is 119 Å². The Morgan fingerprint density at radius 1 is 0.952 bits per heavy atom. The molecule has 0 saturated heterocycles. The summed E-state index contributed by atoms with van der Waals surface area (Å²) < 4.78 is 1.59. The topological polar surface area (TPSA) is 60.2 Å². The second kappa shape index (κ2) is 4.49. The molecule has 0 fully saturated rings. The van der Waals surface area contributed by atoms with Crippen LogP contribution in [0.5, 0.6) is 0 Å². The predicted octanol–water partition coefficient (Wildman–Crippen LogP) is 2.76. The van der Waals surface area contributed by atoms with Gasteiger partial charge in [-0.2, -0.15) is 4.52 Å². The number of rotatable bonds is 2. The SMILES string of the molecule is O=Cc1cc2cc(-c3ccccc3)ccc2n2nnnc12. The van der Waals surface area contributed by atoms with Gasteiger partial charge in [0.25, 0.3) is 0 Å². The standard InChI is InChI=1S/C16H10N4O/c21-10-14-9-13-8-12(11-4-2-1-3-5-11)6-7-15(13)20-16(14)17-18-19-20/h1-10H. The van der Waals surface area contributed by atoms with Gasteiger partial charge in [0.2, 0.25) is 0 Å². The van der Waals surface area contributed by atoms with Gasteiger partial charge in [0.15, 0.2) is 11.9 Å². The van der Waals surface area contributed by atoms with Crippen LogP contribution in [-0.2, 0) is 0 Å². The minimum absolute atomic E-state index is 0.477. The maximum absolute atomic E-state index is 11.2. The number of aldehydes is 1. The van der Waals surface area contributed by atoms with Gasteiger partial charge in [0, 0.05) is 5.39 Å². The molecule has 0 bridgehead atoms. The zero-order valence-corrected chi connectivity index (χ0v) is 11.0. The van der Waals surface area contributed by atoms with E-state index in [1.54, 1.807) is 4.52 Å². The molecular formula is C16H10N4O. The minimum atomic E-state index is 0.477. The molecule has 0 aliphatic heterocycles. The first-order chi connectivity index (χ1) is 10.4. The maximum Gasteiger partial charge on any atom is 0.190 e. The van der Waals surface area contributed by atoms with Crippen LogP contribution in [-0.4, -0.2) is 26.3 Å². The maximum atomic E-state index is 11.2. The molecule has 0 aliphatic carbocycles. The summed E-state index contributed by atoms with van der Waals surface area (Å²) in [6.07, 6.45) is 0.778. The summed E-state index contributed by atoms with van der Waals surface area (Å²) in [6.45, 7) is 0. The molecule has 0 N–H and O–H groups in total. The number of benzene rings is 2. The van der Waals surface area contributed by atoms with Crippen molar-refractivity contribution in [3.63, 3.8) is 0 Å². The molecule has 0 spiro atoms. The summed E-state index contributed by atoms with van der Waals surface area (Å²) in [5.74, 6) is 0. The summed E-state index contributed by atoms with van der Waals surface area (Å²) in [4.78, 5) is 11.2. The van der Waals surface area contributed by atoms with E-state index in [9.17, 15) is 4.79 Å². The van der Waals surface area contributed by atoms with Gasteiger partial charge in [0.05, 0.1) is 11.1 Å². The van der Waals surface area contributed by atoms with Gasteiger partial charge in [-0.3, -0.25) is 4.79 Å². The van der Waals surface area contributed by atoms with E-state index in [4.69, 9.17) is 0 Å². The van der Waals surface area contributed by atoms with Crippen LogP contribution in [0, 0.1) is 0 Å². The molecule has 0 aliphatic rings. The molecule has 5 nitrogen and oxygen atoms in total. The highest BCUT2D eigenvalue weighted by Crippen LogP contribution is 2.25. The Morgan fingerprint density at radius 2 is 1.81 bits per heavy atom. The average molecular weight is 274 g/mol. The van der Waals surface area contributed by atoms with Crippen molar-refractivity contribution in [2.24, 2.45) is 0 Å². The lowest BCUT2D eigenvalue weighted by molar-refractivity contribution is 0.112. The van der Waals surface area contributed by atoms with Gasteiger partial charge in [-0.25, -0.2) is 0 Å². The third-order valence-electron chi connectivity index (χ3n) is 3.53. The van der Waals surface area contributed by atoms with Crippen molar-refractivity contribution in [1.29, 1.82) is 0 Å². The van der Waals surface area contributed by atoms with Crippen LogP contribution in [0.3, 0.4) is 0 Å². The van der Waals surface area contributed by atoms with Crippen molar-refractivity contribution in [2.75, 3.05) is 0 Å². The Morgan fingerprint density at radius 3 is 2.62 bits per heavy atom. The third kappa shape index (κ3) is 1.79. The molecule has 2 aromatic heterocycles. The lowest BCUT2D eigenvalue weighted by Gasteiger charge is -2.06. The number of hydrogen-bond donors (Lipinski definition) is 0. The second-order valence-corrected chi connectivity index (χ2v) is 4.77. The molecule has 4 rings (SSSR count). The fourth-order valence-corrected chi connectivity index (χ4v) is 2.52. The van der Waals surface area contributed by atoms with Crippen molar-refractivity contribution in [2.45, 2.75) is 0 Å². The van der Waals surface area contributed by atoms with Crippen LogP contribution < -0.4 is 0 Å². The summed E-state index contributed by atoms with van der Waals surface area (Å²) >= 11 is 0. The van der Waals surface area contributed by atoms with E-state index in [-0.39, 0.29) is 0 Å². The lowest BCUT2D eigenvalue weighted by atomic mass is 10.0. The highest BCUT2D eigenvalue weighted by atomic mass is 16.1. The molecule has 21 heavy (non-hydrogen) atoms. The largest absolute Gasteiger partial charge is 0.298 e. The number of carbonyl (C=O) groups excluding carboxylic acids is 1. The van der Waals surface area contributed by atoms with E-state index in [0.29, 0.717) is 11.2 Å². The summed E-state index contributed by atoms with van der Waals surface area (Å²) in [7, 11) is 0. The van der Waals surface area contributed by atoms with E-state index in [0.717, 1.165) is 28.3 Å². The molecular weight excluding hydrogens is 264 g/mol. The number of carbonyl (C=O) groups is 1. The second-order valence-electron chi connectivity index (χ2n) is 4.77. The fraction of sp³-hybridized carbons (Fsp3) is 0.